The summed E-state index contributed by atoms with van der Waals surface area (Å²) in [5, 5.41) is 3.30. The largest absolute Gasteiger partial charge is 0.368 e. The maximum Gasteiger partial charge on any atom is 0.231 e. The van der Waals surface area contributed by atoms with E-state index in [9.17, 15) is 0 Å². The summed E-state index contributed by atoms with van der Waals surface area (Å²) in [6.07, 6.45) is 6.25. The second kappa shape index (κ2) is 4.83. The van der Waals surface area contributed by atoms with E-state index in [0.717, 1.165) is 25.6 Å². The van der Waals surface area contributed by atoms with Crippen molar-refractivity contribution in [1.82, 2.24) is 15.0 Å². The van der Waals surface area contributed by atoms with E-state index in [1.54, 1.807) is 0 Å². The molecule has 3 rings (SSSR count). The lowest BCUT2D eigenvalue weighted by atomic mass is 10.1. The smallest absolute Gasteiger partial charge is 0.231 e. The van der Waals surface area contributed by atoms with Gasteiger partial charge in [0.15, 0.2) is 0 Å². The molecule has 6 heteroatoms. The maximum absolute atomic E-state index is 5.79. The summed E-state index contributed by atoms with van der Waals surface area (Å²) in [7, 11) is 0. The van der Waals surface area contributed by atoms with Crippen LogP contribution < -0.4 is 16.0 Å². The van der Waals surface area contributed by atoms with Crippen LogP contribution in [0.1, 0.15) is 39.0 Å². The first-order chi connectivity index (χ1) is 9.15. The number of hydrogen-bond acceptors (Lipinski definition) is 6. The van der Waals surface area contributed by atoms with Gasteiger partial charge in [-0.15, -0.1) is 0 Å². The SMILES string of the molecule is CC1(CNc2nc(N)nc(N3CCCCC3)n2)CC1. The molecule has 0 aromatic carbocycles. The molecule has 3 N–H and O–H groups in total. The maximum atomic E-state index is 5.79. The zero-order chi connectivity index (χ0) is 13.3. The lowest BCUT2D eigenvalue weighted by molar-refractivity contribution is 0.567. The van der Waals surface area contributed by atoms with Gasteiger partial charge in [0, 0.05) is 19.6 Å². The molecule has 1 saturated heterocycles. The molecule has 19 heavy (non-hydrogen) atoms. The van der Waals surface area contributed by atoms with Crippen molar-refractivity contribution in [1.29, 1.82) is 0 Å². The van der Waals surface area contributed by atoms with Crippen LogP contribution in [0.25, 0.3) is 0 Å². The summed E-state index contributed by atoms with van der Waals surface area (Å²) in [4.78, 5) is 15.1. The van der Waals surface area contributed by atoms with Crippen LogP contribution in [-0.2, 0) is 0 Å². The molecule has 1 aliphatic carbocycles. The van der Waals surface area contributed by atoms with Crippen LogP contribution in [0.5, 0.6) is 0 Å². The molecule has 1 aromatic heterocycles. The summed E-state index contributed by atoms with van der Waals surface area (Å²) in [5.74, 6) is 1.64. The van der Waals surface area contributed by atoms with Crippen LogP contribution in [-0.4, -0.2) is 34.6 Å². The fraction of sp³-hybridized carbons (Fsp3) is 0.769. The second-order valence-corrected chi connectivity index (χ2v) is 6.03. The van der Waals surface area contributed by atoms with Crippen LogP contribution >= 0.6 is 0 Å². The molecule has 2 fully saturated rings. The van der Waals surface area contributed by atoms with Crippen molar-refractivity contribution in [3.63, 3.8) is 0 Å². The fourth-order valence-electron chi connectivity index (χ4n) is 2.38. The number of piperidine rings is 1. The number of nitrogens with one attached hydrogen (secondary N) is 1. The predicted octanol–water partition coefficient (Wildman–Crippen LogP) is 1.66. The van der Waals surface area contributed by atoms with Crippen molar-refractivity contribution in [3.05, 3.63) is 0 Å². The van der Waals surface area contributed by atoms with E-state index in [4.69, 9.17) is 5.73 Å². The van der Waals surface area contributed by atoms with Gasteiger partial charge in [-0.3, -0.25) is 0 Å². The molecule has 0 amide bonds. The average molecular weight is 262 g/mol. The number of aromatic nitrogens is 3. The molecule has 2 heterocycles. The third-order valence-electron chi connectivity index (χ3n) is 4.06. The highest BCUT2D eigenvalue weighted by atomic mass is 15.3. The Morgan fingerprint density at radius 2 is 1.89 bits per heavy atom. The summed E-state index contributed by atoms with van der Waals surface area (Å²) >= 11 is 0. The van der Waals surface area contributed by atoms with E-state index < -0.39 is 0 Å². The van der Waals surface area contributed by atoms with Crippen molar-refractivity contribution >= 4 is 17.8 Å². The molecule has 0 spiro atoms. The van der Waals surface area contributed by atoms with Crippen LogP contribution in [0.4, 0.5) is 17.8 Å². The first-order valence-electron chi connectivity index (χ1n) is 7.15. The van der Waals surface area contributed by atoms with Gasteiger partial charge in [0.25, 0.3) is 0 Å². The second-order valence-electron chi connectivity index (χ2n) is 6.03. The molecule has 1 saturated carbocycles. The molecule has 1 aromatic rings. The summed E-state index contributed by atoms with van der Waals surface area (Å²) in [6.45, 7) is 5.22. The molecule has 0 bridgehead atoms. The van der Waals surface area contributed by atoms with Crippen molar-refractivity contribution in [3.8, 4) is 0 Å². The topological polar surface area (TPSA) is 80.0 Å². The minimum Gasteiger partial charge on any atom is -0.368 e. The molecule has 0 radical (unpaired) electrons. The molecule has 0 unspecified atom stereocenters. The predicted molar refractivity (Wildman–Crippen MR) is 76.1 cm³/mol. The Bertz CT molecular complexity index is 450. The molecule has 104 valence electrons. The Morgan fingerprint density at radius 1 is 1.16 bits per heavy atom. The lowest BCUT2D eigenvalue weighted by Gasteiger charge is -2.26. The van der Waals surface area contributed by atoms with E-state index in [2.05, 4.69) is 32.1 Å². The molecule has 2 aliphatic rings. The normalized spacial score (nSPS) is 21.2. The lowest BCUT2D eigenvalue weighted by Crippen LogP contribution is -2.31. The zero-order valence-electron chi connectivity index (χ0n) is 11.5. The third kappa shape index (κ3) is 3.05. The average Bonchev–Trinajstić information content (AvgIpc) is 3.16. The molecule has 1 aliphatic heterocycles. The fourth-order valence-corrected chi connectivity index (χ4v) is 2.38. The van der Waals surface area contributed by atoms with Crippen molar-refractivity contribution < 1.29 is 0 Å². The zero-order valence-corrected chi connectivity index (χ0v) is 11.5. The van der Waals surface area contributed by atoms with Gasteiger partial charge < -0.3 is 16.0 Å². The van der Waals surface area contributed by atoms with Crippen molar-refractivity contribution in [2.24, 2.45) is 5.41 Å². The van der Waals surface area contributed by atoms with Crippen LogP contribution in [0.3, 0.4) is 0 Å². The highest BCUT2D eigenvalue weighted by molar-refractivity contribution is 5.42. The van der Waals surface area contributed by atoms with Gasteiger partial charge in [0.05, 0.1) is 0 Å². The van der Waals surface area contributed by atoms with Gasteiger partial charge in [0.1, 0.15) is 0 Å². The molecular formula is C13H22N6. The Hall–Kier alpha value is -1.59. The van der Waals surface area contributed by atoms with E-state index in [1.807, 2.05) is 0 Å². The van der Waals surface area contributed by atoms with E-state index in [0.29, 0.717) is 17.3 Å². The van der Waals surface area contributed by atoms with E-state index in [1.165, 1.54) is 32.1 Å². The number of rotatable bonds is 4. The summed E-state index contributed by atoms with van der Waals surface area (Å²) < 4.78 is 0. The van der Waals surface area contributed by atoms with Crippen molar-refractivity contribution in [2.75, 3.05) is 35.6 Å². The van der Waals surface area contributed by atoms with Crippen LogP contribution in [0, 0.1) is 5.41 Å². The van der Waals surface area contributed by atoms with Crippen LogP contribution in [0.2, 0.25) is 0 Å². The minimum absolute atomic E-state index is 0.305. The monoisotopic (exact) mass is 262 g/mol. The van der Waals surface area contributed by atoms with Gasteiger partial charge in [0.2, 0.25) is 17.8 Å². The Kier molecular flexibility index (Phi) is 3.16. The molecule has 6 nitrogen and oxygen atoms in total. The van der Waals surface area contributed by atoms with Gasteiger partial charge in [-0.05, 0) is 37.5 Å². The van der Waals surface area contributed by atoms with Crippen LogP contribution in [0.15, 0.2) is 0 Å². The number of hydrogen-bond donors (Lipinski definition) is 2. The molecular weight excluding hydrogens is 240 g/mol. The standard InChI is InChI=1S/C13H22N6/c1-13(5-6-13)9-15-11-16-10(14)17-12(18-11)19-7-3-2-4-8-19/h2-9H2,1H3,(H3,14,15,16,17,18). The quantitative estimate of drug-likeness (QED) is 0.859. The number of nitrogens with two attached hydrogens (primary N) is 1. The minimum atomic E-state index is 0.305. The summed E-state index contributed by atoms with van der Waals surface area (Å²) in [5.41, 5.74) is 6.22. The number of nitrogen functional groups attached to an aromatic ring is 1. The molecule has 0 atom stereocenters. The van der Waals surface area contributed by atoms with E-state index >= 15 is 0 Å². The van der Waals surface area contributed by atoms with Gasteiger partial charge in [-0.2, -0.15) is 15.0 Å². The number of anilines is 3. The summed E-state index contributed by atoms with van der Waals surface area (Å²) in [6, 6.07) is 0. The Labute approximate surface area is 113 Å². The van der Waals surface area contributed by atoms with Gasteiger partial charge in [-0.25, -0.2) is 0 Å². The first kappa shape index (κ1) is 12.4. The first-order valence-corrected chi connectivity index (χ1v) is 7.15. The Balaban J connectivity index is 1.71. The van der Waals surface area contributed by atoms with Gasteiger partial charge >= 0.3 is 0 Å². The third-order valence-corrected chi connectivity index (χ3v) is 4.06. The highest BCUT2D eigenvalue weighted by Crippen LogP contribution is 2.44. The van der Waals surface area contributed by atoms with Crippen molar-refractivity contribution in [2.45, 2.75) is 39.0 Å². The van der Waals surface area contributed by atoms with E-state index in [-0.39, 0.29) is 0 Å². The van der Waals surface area contributed by atoms with Gasteiger partial charge in [-0.1, -0.05) is 6.92 Å². The number of nitrogens with zero attached hydrogens (tertiary/aromatic N) is 4. The highest BCUT2D eigenvalue weighted by Gasteiger charge is 2.37. The Morgan fingerprint density at radius 3 is 2.58 bits per heavy atom.